The molecule has 2 rings (SSSR count). The average molecular weight is 338 g/mol. The van der Waals surface area contributed by atoms with Crippen molar-refractivity contribution in [3.05, 3.63) is 59.7 Å². The van der Waals surface area contributed by atoms with Gasteiger partial charge in [-0.2, -0.15) is 0 Å². The zero-order chi connectivity index (χ0) is 18.2. The Morgan fingerprint density at radius 3 is 1.76 bits per heavy atom. The van der Waals surface area contributed by atoms with Crippen molar-refractivity contribution < 1.29 is 9.59 Å². The van der Waals surface area contributed by atoms with E-state index in [2.05, 4.69) is 10.6 Å². The molecule has 132 valence electrons. The Morgan fingerprint density at radius 2 is 1.32 bits per heavy atom. The summed E-state index contributed by atoms with van der Waals surface area (Å²) < 4.78 is 0. The number of hydrogen-bond acceptors (Lipinski definition) is 2. The van der Waals surface area contributed by atoms with Gasteiger partial charge in [-0.3, -0.25) is 9.59 Å². The highest BCUT2D eigenvalue weighted by molar-refractivity contribution is 5.92. The van der Waals surface area contributed by atoms with Gasteiger partial charge in [-0.15, -0.1) is 0 Å². The minimum atomic E-state index is 0.0165. The molecule has 0 fully saturated rings. The van der Waals surface area contributed by atoms with E-state index in [9.17, 15) is 9.59 Å². The number of anilines is 2. The molecule has 0 heterocycles. The van der Waals surface area contributed by atoms with Gasteiger partial charge >= 0.3 is 0 Å². The first-order chi connectivity index (χ1) is 12.0. The Bertz CT molecular complexity index is 706. The Labute approximate surface area is 149 Å². The van der Waals surface area contributed by atoms with Crippen LogP contribution in [0.4, 0.5) is 11.4 Å². The molecular weight excluding hydrogens is 312 g/mol. The Kier molecular flexibility index (Phi) is 6.75. The van der Waals surface area contributed by atoms with Crippen molar-refractivity contribution in [2.45, 2.75) is 40.0 Å². The second kappa shape index (κ2) is 9.02. The fourth-order valence-electron chi connectivity index (χ4n) is 2.35. The molecule has 4 heteroatoms. The summed E-state index contributed by atoms with van der Waals surface area (Å²) in [7, 11) is 0. The third-order valence-corrected chi connectivity index (χ3v) is 4.25. The van der Waals surface area contributed by atoms with Gasteiger partial charge in [0.05, 0.1) is 0 Å². The molecule has 1 atom stereocenters. The van der Waals surface area contributed by atoms with Gasteiger partial charge in [0.25, 0.3) is 0 Å². The maximum absolute atomic E-state index is 11.9. The zero-order valence-electron chi connectivity index (χ0n) is 15.1. The highest BCUT2D eigenvalue weighted by Gasteiger charge is 2.10. The van der Waals surface area contributed by atoms with Crippen LogP contribution in [0.5, 0.6) is 0 Å². The molecule has 0 aromatic heterocycles. The van der Waals surface area contributed by atoms with Gasteiger partial charge in [0.2, 0.25) is 11.8 Å². The van der Waals surface area contributed by atoms with Gasteiger partial charge < -0.3 is 10.6 Å². The molecule has 1 unspecified atom stereocenters. The quantitative estimate of drug-likeness (QED) is 0.774. The molecule has 0 saturated carbocycles. The van der Waals surface area contributed by atoms with Crippen LogP contribution in [0.1, 0.15) is 44.7 Å². The van der Waals surface area contributed by atoms with E-state index >= 15 is 0 Å². The number of amides is 2. The summed E-state index contributed by atoms with van der Waals surface area (Å²) in [6.07, 6.45) is 2.11. The van der Waals surface area contributed by atoms with E-state index in [1.54, 1.807) is 0 Å². The lowest BCUT2D eigenvalue weighted by molar-refractivity contribution is -0.119. The van der Waals surface area contributed by atoms with Crippen LogP contribution >= 0.6 is 0 Å². The van der Waals surface area contributed by atoms with Crippen molar-refractivity contribution in [2.75, 3.05) is 10.6 Å². The molecule has 0 bridgehead atoms. The summed E-state index contributed by atoms with van der Waals surface area (Å²) >= 11 is 0. The van der Waals surface area contributed by atoms with Crippen LogP contribution in [-0.4, -0.2) is 11.8 Å². The summed E-state index contributed by atoms with van der Waals surface area (Å²) in [6.45, 7) is 5.77. The molecule has 4 nitrogen and oxygen atoms in total. The predicted molar refractivity (Wildman–Crippen MR) is 103 cm³/mol. The van der Waals surface area contributed by atoms with Crippen LogP contribution in [-0.2, 0) is 16.0 Å². The van der Waals surface area contributed by atoms with Crippen molar-refractivity contribution in [1.29, 1.82) is 0 Å². The average Bonchev–Trinajstić information content (AvgIpc) is 2.64. The SMILES string of the molecule is CCC(=O)Nc1ccc(Cc2ccc(NC(=O)C(C)CC)cc2)cc1. The number of rotatable bonds is 7. The van der Waals surface area contributed by atoms with Gasteiger partial charge in [0.1, 0.15) is 0 Å². The summed E-state index contributed by atoms with van der Waals surface area (Å²) in [5.41, 5.74) is 3.99. The van der Waals surface area contributed by atoms with Crippen molar-refractivity contribution in [2.24, 2.45) is 5.92 Å². The van der Waals surface area contributed by atoms with Crippen LogP contribution in [0.25, 0.3) is 0 Å². The second-order valence-electron chi connectivity index (χ2n) is 6.27. The molecule has 0 aliphatic carbocycles. The molecule has 25 heavy (non-hydrogen) atoms. The molecular formula is C21H26N2O2. The summed E-state index contributed by atoms with van der Waals surface area (Å²) in [5.74, 6) is 0.0918. The molecule has 0 aliphatic rings. The van der Waals surface area contributed by atoms with E-state index in [4.69, 9.17) is 0 Å². The lowest BCUT2D eigenvalue weighted by atomic mass is 10.0. The largest absolute Gasteiger partial charge is 0.326 e. The highest BCUT2D eigenvalue weighted by atomic mass is 16.2. The predicted octanol–water partition coefficient (Wildman–Crippen LogP) is 4.61. The molecule has 2 aromatic carbocycles. The lowest BCUT2D eigenvalue weighted by Gasteiger charge is -2.10. The van der Waals surface area contributed by atoms with E-state index < -0.39 is 0 Å². The van der Waals surface area contributed by atoms with Crippen LogP contribution in [0, 0.1) is 5.92 Å². The zero-order valence-corrected chi connectivity index (χ0v) is 15.1. The summed E-state index contributed by atoms with van der Waals surface area (Å²) in [4.78, 5) is 23.3. The van der Waals surface area contributed by atoms with E-state index in [1.165, 1.54) is 11.1 Å². The molecule has 0 radical (unpaired) electrons. The fraction of sp³-hybridized carbons (Fsp3) is 0.333. The number of hydrogen-bond donors (Lipinski definition) is 2. The number of benzene rings is 2. The fourth-order valence-corrected chi connectivity index (χ4v) is 2.35. The first-order valence-corrected chi connectivity index (χ1v) is 8.80. The molecule has 2 aromatic rings. The molecule has 2 N–H and O–H groups in total. The van der Waals surface area contributed by atoms with E-state index in [-0.39, 0.29) is 17.7 Å². The normalized spacial score (nSPS) is 11.6. The van der Waals surface area contributed by atoms with Crippen molar-refractivity contribution in [1.82, 2.24) is 0 Å². The second-order valence-corrected chi connectivity index (χ2v) is 6.27. The van der Waals surface area contributed by atoms with Crippen LogP contribution in [0.3, 0.4) is 0 Å². The molecule has 0 saturated heterocycles. The number of nitrogens with one attached hydrogen (secondary N) is 2. The number of carbonyl (C=O) groups is 2. The summed E-state index contributed by atoms with van der Waals surface area (Å²) in [6, 6.07) is 15.8. The maximum Gasteiger partial charge on any atom is 0.227 e. The van der Waals surface area contributed by atoms with E-state index in [0.29, 0.717) is 6.42 Å². The standard InChI is InChI=1S/C21H26N2O2/c1-4-15(3)21(25)23-19-12-8-17(9-13-19)14-16-6-10-18(11-7-16)22-20(24)5-2/h6-13,15H,4-5,14H2,1-3H3,(H,22,24)(H,23,25). The van der Waals surface area contributed by atoms with Crippen LogP contribution < -0.4 is 10.6 Å². The van der Waals surface area contributed by atoms with E-state index in [1.807, 2.05) is 69.3 Å². The molecule has 0 spiro atoms. The Balaban J connectivity index is 1.94. The minimum absolute atomic E-state index is 0.0165. The van der Waals surface area contributed by atoms with Gasteiger partial charge in [-0.05, 0) is 48.2 Å². The van der Waals surface area contributed by atoms with Crippen molar-refractivity contribution in [3.8, 4) is 0 Å². The first-order valence-electron chi connectivity index (χ1n) is 8.80. The summed E-state index contributed by atoms with van der Waals surface area (Å²) in [5, 5.41) is 5.78. The van der Waals surface area contributed by atoms with Gasteiger partial charge in [0.15, 0.2) is 0 Å². The van der Waals surface area contributed by atoms with E-state index in [0.717, 1.165) is 24.2 Å². The third-order valence-electron chi connectivity index (χ3n) is 4.25. The van der Waals surface area contributed by atoms with Crippen molar-refractivity contribution in [3.63, 3.8) is 0 Å². The lowest BCUT2D eigenvalue weighted by Crippen LogP contribution is -2.19. The molecule has 0 aliphatic heterocycles. The smallest absolute Gasteiger partial charge is 0.227 e. The monoisotopic (exact) mass is 338 g/mol. The van der Waals surface area contributed by atoms with Crippen LogP contribution in [0.2, 0.25) is 0 Å². The third kappa shape index (κ3) is 5.75. The van der Waals surface area contributed by atoms with Crippen LogP contribution in [0.15, 0.2) is 48.5 Å². The Hall–Kier alpha value is -2.62. The topological polar surface area (TPSA) is 58.2 Å². The maximum atomic E-state index is 11.9. The Morgan fingerprint density at radius 1 is 0.840 bits per heavy atom. The minimum Gasteiger partial charge on any atom is -0.326 e. The molecule has 2 amide bonds. The van der Waals surface area contributed by atoms with Gasteiger partial charge in [0, 0.05) is 23.7 Å². The van der Waals surface area contributed by atoms with Gasteiger partial charge in [-0.1, -0.05) is 45.0 Å². The number of carbonyl (C=O) groups excluding carboxylic acids is 2. The van der Waals surface area contributed by atoms with Gasteiger partial charge in [-0.25, -0.2) is 0 Å². The first kappa shape index (κ1) is 18.7. The van der Waals surface area contributed by atoms with Crippen molar-refractivity contribution >= 4 is 23.2 Å². The highest BCUT2D eigenvalue weighted by Crippen LogP contribution is 2.17.